The van der Waals surface area contributed by atoms with Gasteiger partial charge < -0.3 is 10.0 Å². The Morgan fingerprint density at radius 1 is 1.02 bits per heavy atom. The van der Waals surface area contributed by atoms with Crippen molar-refractivity contribution in [3.8, 4) is 23.0 Å². The Kier molecular flexibility index (Phi) is 12.4. The van der Waals surface area contributed by atoms with E-state index in [1.165, 1.54) is 30.6 Å². The quantitative estimate of drug-likeness (QED) is 0.0652. The Morgan fingerprint density at radius 3 is 2.37 bits per heavy atom. The lowest BCUT2D eigenvalue weighted by Gasteiger charge is -2.23. The standard InChI is InChI=1S/C41H38ClF8N7OS2/c1-20-17-41(49,50)37-32(20)35(38(47)48)53-57(37)19-31(58)52-29(15-21-13-22(43)16-23(44)14-21)34-26(8-5-24(51-34)11-12-40(2,3)59-4)27-9-10-28(42)33-36(27)56(18-30(45)46)54-39(33)55-60-25-6-7-25/h5,8-10,13-14,16,20,25,29-30,38H,6-7,15,17-19H2,1-4H3,(H,52,58)(H,54,55)/t20-,29?/m0/s1. The van der Waals surface area contributed by atoms with Gasteiger partial charge in [-0.05, 0) is 99.0 Å². The number of hydrogen-bond donors (Lipinski definition) is 2. The molecular formula is C41H38ClF8N7OS2. The first-order valence-electron chi connectivity index (χ1n) is 18.8. The summed E-state index contributed by atoms with van der Waals surface area (Å²) >= 11 is 9.60. The number of pyridine rings is 1. The molecule has 0 radical (unpaired) electrons. The van der Waals surface area contributed by atoms with Crippen LogP contribution in [0.2, 0.25) is 5.02 Å². The second-order valence-electron chi connectivity index (χ2n) is 15.3. The Morgan fingerprint density at radius 2 is 1.72 bits per heavy atom. The third-order valence-electron chi connectivity index (χ3n) is 10.2. The first-order valence-corrected chi connectivity index (χ1v) is 21.3. The van der Waals surface area contributed by atoms with E-state index in [-0.39, 0.29) is 50.9 Å². The van der Waals surface area contributed by atoms with Gasteiger partial charge in [0.05, 0.1) is 32.4 Å². The van der Waals surface area contributed by atoms with E-state index >= 15 is 8.78 Å². The molecule has 8 nitrogen and oxygen atoms in total. The highest BCUT2D eigenvalue weighted by Gasteiger charge is 2.50. The van der Waals surface area contributed by atoms with Gasteiger partial charge in [-0.25, -0.2) is 31.3 Å². The van der Waals surface area contributed by atoms with E-state index in [2.05, 4.69) is 32.1 Å². The molecule has 318 valence electrons. The largest absolute Gasteiger partial charge is 0.346 e. The molecule has 0 aliphatic heterocycles. The van der Waals surface area contributed by atoms with E-state index in [1.807, 2.05) is 20.1 Å². The Balaban J connectivity index is 1.40. The first-order chi connectivity index (χ1) is 28.3. The molecule has 1 saturated carbocycles. The predicted molar refractivity (Wildman–Crippen MR) is 218 cm³/mol. The zero-order valence-corrected chi connectivity index (χ0v) is 34.9. The van der Waals surface area contributed by atoms with Crippen molar-refractivity contribution < 1.29 is 39.9 Å². The molecule has 60 heavy (non-hydrogen) atoms. The topological polar surface area (TPSA) is 89.7 Å². The number of aromatic nitrogens is 5. The third-order valence-corrected chi connectivity index (χ3v) is 12.7. The Hall–Kier alpha value is -4.47. The maximum absolute atomic E-state index is 15.3. The summed E-state index contributed by atoms with van der Waals surface area (Å²) in [6, 6.07) is 7.73. The van der Waals surface area contributed by atoms with Crippen molar-refractivity contribution in [3.63, 3.8) is 0 Å². The molecule has 19 heteroatoms. The fourth-order valence-electron chi connectivity index (χ4n) is 7.24. The van der Waals surface area contributed by atoms with Gasteiger partial charge in [-0.15, -0.1) is 11.8 Å². The van der Waals surface area contributed by atoms with Crippen LogP contribution in [0.25, 0.3) is 22.0 Å². The van der Waals surface area contributed by atoms with E-state index in [0.29, 0.717) is 26.9 Å². The van der Waals surface area contributed by atoms with Gasteiger partial charge in [-0.1, -0.05) is 30.5 Å². The SMILES string of the molecule is CSC(C)(C)C#Cc1ccc(-c2ccc(Cl)c3c(NSC4CC4)nn(CC(F)F)c23)c(C(Cc2cc(F)cc(F)c2)NC(=O)Cn2nc(C(F)F)c3c2C(F)(F)C[C@@H]3C)n1. The van der Waals surface area contributed by atoms with Crippen LogP contribution in [0.15, 0.2) is 42.5 Å². The van der Waals surface area contributed by atoms with Gasteiger partial charge in [0.2, 0.25) is 5.91 Å². The van der Waals surface area contributed by atoms with Crippen LogP contribution in [0.4, 0.5) is 40.9 Å². The van der Waals surface area contributed by atoms with E-state index in [0.717, 1.165) is 29.7 Å². The number of thioether (sulfide) groups is 1. The van der Waals surface area contributed by atoms with Gasteiger partial charge in [-0.3, -0.25) is 14.2 Å². The van der Waals surface area contributed by atoms with Crippen molar-refractivity contribution >= 4 is 57.9 Å². The number of amides is 1. The van der Waals surface area contributed by atoms with Gasteiger partial charge in [0.25, 0.3) is 18.8 Å². The number of nitrogens with one attached hydrogen (secondary N) is 2. The summed E-state index contributed by atoms with van der Waals surface area (Å²) < 4.78 is 121. The van der Waals surface area contributed by atoms with Crippen molar-refractivity contribution in [2.75, 3.05) is 11.0 Å². The Bertz CT molecular complexity index is 2490. The van der Waals surface area contributed by atoms with Crippen LogP contribution in [0.1, 0.15) is 92.3 Å². The molecule has 2 atom stereocenters. The van der Waals surface area contributed by atoms with Crippen molar-refractivity contribution in [2.45, 2.75) is 100 Å². The van der Waals surface area contributed by atoms with E-state index in [4.69, 9.17) is 16.6 Å². The van der Waals surface area contributed by atoms with Crippen molar-refractivity contribution in [3.05, 3.63) is 93.0 Å². The number of carbonyl (C=O) groups is 1. The van der Waals surface area contributed by atoms with Gasteiger partial charge in [-0.2, -0.15) is 19.0 Å². The number of fused-ring (bicyclic) bond motifs is 2. The van der Waals surface area contributed by atoms with E-state index in [9.17, 15) is 31.1 Å². The molecule has 1 unspecified atom stereocenters. The lowest BCUT2D eigenvalue weighted by Crippen LogP contribution is -2.35. The maximum Gasteiger partial charge on any atom is 0.290 e. The second-order valence-corrected chi connectivity index (χ2v) is 18.2. The number of halogens is 9. The zero-order valence-electron chi connectivity index (χ0n) is 32.5. The minimum absolute atomic E-state index is 0.0509. The molecule has 1 fully saturated rings. The Labute approximate surface area is 353 Å². The highest BCUT2D eigenvalue weighted by atomic mass is 35.5. The van der Waals surface area contributed by atoms with Crippen molar-refractivity contribution in [1.82, 2.24) is 29.9 Å². The lowest BCUT2D eigenvalue weighted by molar-refractivity contribution is -0.122. The summed E-state index contributed by atoms with van der Waals surface area (Å²) in [5.74, 6) is -0.953. The second kappa shape index (κ2) is 17.1. The number of anilines is 1. The predicted octanol–water partition coefficient (Wildman–Crippen LogP) is 10.8. The molecule has 2 aromatic carbocycles. The molecule has 5 aromatic rings. The van der Waals surface area contributed by atoms with Crippen molar-refractivity contribution in [1.29, 1.82) is 0 Å². The van der Waals surface area contributed by atoms with Gasteiger partial charge in [0.1, 0.15) is 41.8 Å². The van der Waals surface area contributed by atoms with Crippen molar-refractivity contribution in [2.24, 2.45) is 0 Å². The molecule has 7 rings (SSSR count). The van der Waals surface area contributed by atoms with Crippen LogP contribution >= 0.6 is 35.3 Å². The van der Waals surface area contributed by atoms with E-state index in [1.54, 1.807) is 24.3 Å². The molecular weight excluding hydrogens is 858 g/mol. The zero-order chi connectivity index (χ0) is 43.3. The van der Waals surface area contributed by atoms with Crippen LogP contribution in [0.5, 0.6) is 0 Å². The number of hydrogen-bond acceptors (Lipinski definition) is 7. The highest BCUT2D eigenvalue weighted by molar-refractivity contribution is 8.01. The minimum atomic E-state index is -3.56. The molecule has 3 aromatic heterocycles. The summed E-state index contributed by atoms with van der Waals surface area (Å²) in [4.78, 5) is 18.9. The molecule has 0 bridgehead atoms. The molecule has 2 aliphatic rings. The average molecular weight is 896 g/mol. The van der Waals surface area contributed by atoms with Crippen LogP contribution < -0.4 is 10.0 Å². The normalized spacial score (nSPS) is 16.6. The average Bonchev–Trinajstić information content (AvgIpc) is 3.73. The summed E-state index contributed by atoms with van der Waals surface area (Å²) in [5, 5.41) is 11.8. The summed E-state index contributed by atoms with van der Waals surface area (Å²) in [6.07, 6.45) is -3.32. The number of nitrogens with zero attached hydrogens (tertiary/aromatic N) is 5. The summed E-state index contributed by atoms with van der Waals surface area (Å²) in [6.45, 7) is 3.40. The smallest absolute Gasteiger partial charge is 0.290 e. The molecule has 2 N–H and O–H groups in total. The van der Waals surface area contributed by atoms with Gasteiger partial charge >= 0.3 is 0 Å². The monoisotopic (exact) mass is 895 g/mol. The van der Waals surface area contributed by atoms with Crippen LogP contribution in [-0.2, 0) is 30.2 Å². The number of rotatable bonds is 14. The number of benzene rings is 2. The van der Waals surface area contributed by atoms with E-state index < -0.39 is 83.9 Å². The summed E-state index contributed by atoms with van der Waals surface area (Å²) in [7, 11) is 0. The van der Waals surface area contributed by atoms with Crippen LogP contribution in [-0.4, -0.2) is 53.1 Å². The molecule has 0 spiro atoms. The van der Waals surface area contributed by atoms with Crippen LogP contribution in [0.3, 0.4) is 0 Å². The maximum atomic E-state index is 15.3. The lowest BCUT2D eigenvalue weighted by atomic mass is 9.93. The minimum Gasteiger partial charge on any atom is -0.346 e. The third kappa shape index (κ3) is 9.37. The van der Waals surface area contributed by atoms with Crippen LogP contribution in [0, 0.1) is 23.5 Å². The number of alkyl halides is 6. The van der Waals surface area contributed by atoms with Gasteiger partial charge in [0.15, 0.2) is 5.82 Å². The van der Waals surface area contributed by atoms with Gasteiger partial charge in [0, 0.05) is 34.4 Å². The molecule has 0 saturated heterocycles. The molecule has 1 amide bonds. The fourth-order valence-corrected chi connectivity index (χ4v) is 8.43. The fraction of sp³-hybridized carbons (Fsp3) is 0.415. The number of carbonyl (C=O) groups excluding carboxylic acids is 1. The highest BCUT2D eigenvalue weighted by Crippen LogP contribution is 2.51. The summed E-state index contributed by atoms with van der Waals surface area (Å²) in [5.41, 5.74) is -0.921. The molecule has 2 aliphatic carbocycles. The first kappa shape index (κ1) is 43.6. The molecule has 3 heterocycles.